The Balaban J connectivity index is 4.55. The standard InChI is InChI=1S/C8H13NO3/c1-4-12-7(10)8(11,5-9)6(2)3/h6,11H,4H2,1-3H3. The second-order valence-electron chi connectivity index (χ2n) is 2.75. The summed E-state index contributed by atoms with van der Waals surface area (Å²) in [5.41, 5.74) is -2.00. The van der Waals surface area contributed by atoms with E-state index in [0.717, 1.165) is 0 Å². The number of ether oxygens (including phenoxy) is 1. The monoisotopic (exact) mass is 171 g/mol. The highest BCUT2D eigenvalue weighted by Gasteiger charge is 2.41. The number of rotatable bonds is 3. The third-order valence-electron chi connectivity index (χ3n) is 1.59. The minimum absolute atomic E-state index is 0.162. The molecule has 0 radical (unpaired) electrons. The van der Waals surface area contributed by atoms with Crippen LogP contribution in [0.15, 0.2) is 0 Å². The molecule has 0 aliphatic carbocycles. The van der Waals surface area contributed by atoms with E-state index in [1.165, 1.54) is 0 Å². The molecule has 1 unspecified atom stereocenters. The second kappa shape index (κ2) is 4.07. The molecule has 4 nitrogen and oxygen atoms in total. The first-order chi connectivity index (χ1) is 5.49. The third-order valence-corrected chi connectivity index (χ3v) is 1.59. The molecule has 0 saturated heterocycles. The highest BCUT2D eigenvalue weighted by atomic mass is 16.5. The van der Waals surface area contributed by atoms with Gasteiger partial charge in [0.15, 0.2) is 0 Å². The Bertz CT molecular complexity index is 207. The van der Waals surface area contributed by atoms with Crippen LogP contribution in [0.25, 0.3) is 0 Å². The van der Waals surface area contributed by atoms with Crippen LogP contribution in [0.2, 0.25) is 0 Å². The predicted octanol–water partition coefficient (Wildman–Crippen LogP) is 0.460. The van der Waals surface area contributed by atoms with Gasteiger partial charge >= 0.3 is 5.97 Å². The SMILES string of the molecule is CCOC(=O)C(O)(C#N)C(C)C. The molecule has 0 aromatic carbocycles. The van der Waals surface area contributed by atoms with Crippen molar-refractivity contribution in [3.8, 4) is 6.07 Å². The fourth-order valence-electron chi connectivity index (χ4n) is 0.652. The largest absolute Gasteiger partial charge is 0.463 e. The Kier molecular flexibility index (Phi) is 3.71. The van der Waals surface area contributed by atoms with E-state index in [4.69, 9.17) is 5.26 Å². The lowest BCUT2D eigenvalue weighted by atomic mass is 9.92. The first-order valence-electron chi connectivity index (χ1n) is 3.79. The first-order valence-corrected chi connectivity index (χ1v) is 3.79. The molecule has 1 atom stereocenters. The van der Waals surface area contributed by atoms with E-state index in [1.807, 2.05) is 0 Å². The summed E-state index contributed by atoms with van der Waals surface area (Å²) in [6.07, 6.45) is 0. The van der Waals surface area contributed by atoms with Crippen LogP contribution in [0, 0.1) is 17.2 Å². The molecule has 0 aromatic rings. The Morgan fingerprint density at radius 3 is 2.50 bits per heavy atom. The van der Waals surface area contributed by atoms with Crippen molar-refractivity contribution in [1.82, 2.24) is 0 Å². The summed E-state index contributed by atoms with van der Waals surface area (Å²) in [5.74, 6) is -1.34. The van der Waals surface area contributed by atoms with Crippen LogP contribution in [0.5, 0.6) is 0 Å². The van der Waals surface area contributed by atoms with Crippen molar-refractivity contribution in [3.05, 3.63) is 0 Å². The minimum Gasteiger partial charge on any atom is -0.463 e. The van der Waals surface area contributed by atoms with Gasteiger partial charge in [0.05, 0.1) is 6.61 Å². The zero-order valence-corrected chi connectivity index (χ0v) is 7.50. The Labute approximate surface area is 71.8 Å². The van der Waals surface area contributed by atoms with Crippen molar-refractivity contribution in [1.29, 1.82) is 5.26 Å². The molecule has 0 aliphatic rings. The Hall–Kier alpha value is -1.08. The van der Waals surface area contributed by atoms with Crippen molar-refractivity contribution in [2.24, 2.45) is 5.92 Å². The molecule has 0 saturated carbocycles. The number of esters is 1. The minimum atomic E-state index is -2.00. The van der Waals surface area contributed by atoms with Crippen LogP contribution in [0.4, 0.5) is 0 Å². The lowest BCUT2D eigenvalue weighted by molar-refractivity contribution is -0.162. The number of hydrogen-bond acceptors (Lipinski definition) is 4. The lowest BCUT2D eigenvalue weighted by Crippen LogP contribution is -2.43. The number of carbonyl (C=O) groups excluding carboxylic acids is 1. The summed E-state index contributed by atoms with van der Waals surface area (Å²) in [5, 5.41) is 18.0. The molecular formula is C8H13NO3. The summed E-state index contributed by atoms with van der Waals surface area (Å²) in [6.45, 7) is 4.95. The van der Waals surface area contributed by atoms with E-state index in [1.54, 1.807) is 26.8 Å². The summed E-state index contributed by atoms with van der Waals surface area (Å²) in [6, 6.07) is 1.54. The molecule has 1 N–H and O–H groups in total. The van der Waals surface area contributed by atoms with Crippen LogP contribution in [-0.2, 0) is 9.53 Å². The van der Waals surface area contributed by atoms with Crippen molar-refractivity contribution in [2.45, 2.75) is 26.4 Å². The van der Waals surface area contributed by atoms with Gasteiger partial charge in [-0.1, -0.05) is 13.8 Å². The molecule has 4 heteroatoms. The van der Waals surface area contributed by atoms with Gasteiger partial charge < -0.3 is 9.84 Å². The predicted molar refractivity (Wildman–Crippen MR) is 42.0 cm³/mol. The molecule has 0 amide bonds. The van der Waals surface area contributed by atoms with Gasteiger partial charge in [-0.25, -0.2) is 4.79 Å². The average Bonchev–Trinajstić information content (AvgIpc) is 2.03. The highest BCUT2D eigenvalue weighted by Crippen LogP contribution is 2.17. The molecular weight excluding hydrogens is 158 g/mol. The lowest BCUT2D eigenvalue weighted by Gasteiger charge is -2.21. The number of nitriles is 1. The summed E-state index contributed by atoms with van der Waals surface area (Å²) in [4.78, 5) is 11.0. The van der Waals surface area contributed by atoms with Crippen molar-refractivity contribution < 1.29 is 14.6 Å². The summed E-state index contributed by atoms with van der Waals surface area (Å²) < 4.78 is 4.55. The van der Waals surface area contributed by atoms with Crippen LogP contribution in [0.3, 0.4) is 0 Å². The molecule has 0 aromatic heterocycles. The maximum absolute atomic E-state index is 11.0. The van der Waals surface area contributed by atoms with E-state index in [-0.39, 0.29) is 6.61 Å². The molecule has 0 bridgehead atoms. The normalized spacial score (nSPS) is 15.0. The van der Waals surface area contributed by atoms with Crippen LogP contribution >= 0.6 is 0 Å². The molecule has 0 rings (SSSR count). The Morgan fingerprint density at radius 2 is 2.25 bits per heavy atom. The van der Waals surface area contributed by atoms with E-state index in [9.17, 15) is 9.90 Å². The van der Waals surface area contributed by atoms with Gasteiger partial charge in [0.2, 0.25) is 0 Å². The molecule has 68 valence electrons. The fraction of sp³-hybridized carbons (Fsp3) is 0.750. The zero-order chi connectivity index (χ0) is 9.78. The van der Waals surface area contributed by atoms with Gasteiger partial charge in [0, 0.05) is 5.92 Å². The van der Waals surface area contributed by atoms with Crippen molar-refractivity contribution in [2.75, 3.05) is 6.61 Å². The number of carbonyl (C=O) groups is 1. The van der Waals surface area contributed by atoms with Gasteiger partial charge in [0.1, 0.15) is 6.07 Å². The number of aliphatic hydroxyl groups is 1. The van der Waals surface area contributed by atoms with E-state index < -0.39 is 17.5 Å². The Morgan fingerprint density at radius 1 is 1.75 bits per heavy atom. The maximum atomic E-state index is 11.0. The number of nitrogens with zero attached hydrogens (tertiary/aromatic N) is 1. The van der Waals surface area contributed by atoms with Crippen LogP contribution < -0.4 is 0 Å². The highest BCUT2D eigenvalue weighted by molar-refractivity contribution is 5.83. The van der Waals surface area contributed by atoms with Gasteiger partial charge in [-0.2, -0.15) is 5.26 Å². The van der Waals surface area contributed by atoms with Gasteiger partial charge in [-0.15, -0.1) is 0 Å². The maximum Gasteiger partial charge on any atom is 0.353 e. The summed E-state index contributed by atoms with van der Waals surface area (Å²) in [7, 11) is 0. The molecule has 0 heterocycles. The second-order valence-corrected chi connectivity index (χ2v) is 2.75. The van der Waals surface area contributed by atoms with Gasteiger partial charge in [-0.05, 0) is 6.92 Å². The third kappa shape index (κ3) is 1.95. The number of hydrogen-bond donors (Lipinski definition) is 1. The summed E-state index contributed by atoms with van der Waals surface area (Å²) >= 11 is 0. The quantitative estimate of drug-likeness (QED) is 0.494. The van der Waals surface area contributed by atoms with Crippen molar-refractivity contribution in [3.63, 3.8) is 0 Å². The topological polar surface area (TPSA) is 70.3 Å². The fourth-order valence-corrected chi connectivity index (χ4v) is 0.652. The van der Waals surface area contributed by atoms with Crippen LogP contribution in [0.1, 0.15) is 20.8 Å². The molecule has 0 spiro atoms. The van der Waals surface area contributed by atoms with Gasteiger partial charge in [-0.3, -0.25) is 0 Å². The van der Waals surface area contributed by atoms with E-state index in [2.05, 4.69) is 4.74 Å². The van der Waals surface area contributed by atoms with E-state index in [0.29, 0.717) is 0 Å². The molecule has 12 heavy (non-hydrogen) atoms. The zero-order valence-electron chi connectivity index (χ0n) is 7.50. The smallest absolute Gasteiger partial charge is 0.353 e. The first kappa shape index (κ1) is 10.9. The van der Waals surface area contributed by atoms with E-state index >= 15 is 0 Å². The van der Waals surface area contributed by atoms with Crippen molar-refractivity contribution >= 4 is 5.97 Å². The molecule has 0 fully saturated rings. The van der Waals surface area contributed by atoms with Crippen LogP contribution in [-0.4, -0.2) is 23.3 Å². The molecule has 0 aliphatic heterocycles. The van der Waals surface area contributed by atoms with Gasteiger partial charge in [0.25, 0.3) is 5.60 Å². The average molecular weight is 171 g/mol.